The number of rotatable bonds is 4. The van der Waals surface area contributed by atoms with Crippen LogP contribution in [0.4, 0.5) is 0 Å². The monoisotopic (exact) mass is 284 g/mol. The Kier molecular flexibility index (Phi) is 2.93. The summed E-state index contributed by atoms with van der Waals surface area (Å²) >= 11 is 3.45. The Balaban J connectivity index is 2.25. The van der Waals surface area contributed by atoms with Crippen molar-refractivity contribution in [3.05, 3.63) is 28.2 Å². The number of benzene rings is 1. The molecule has 0 saturated heterocycles. The van der Waals surface area contributed by atoms with Crippen molar-refractivity contribution in [1.82, 2.24) is 0 Å². The van der Waals surface area contributed by atoms with Gasteiger partial charge in [0.15, 0.2) is 0 Å². The molecule has 0 atom stereocenters. The van der Waals surface area contributed by atoms with Gasteiger partial charge in [-0.05, 0) is 46.8 Å². The highest BCUT2D eigenvalue weighted by molar-refractivity contribution is 9.10. The normalized spacial score (nSPS) is 16.9. The van der Waals surface area contributed by atoms with Gasteiger partial charge in [0.05, 0.1) is 17.0 Å². The summed E-state index contributed by atoms with van der Waals surface area (Å²) in [6, 6.07) is 5.68. The lowest BCUT2D eigenvalue weighted by Gasteiger charge is -2.13. The van der Waals surface area contributed by atoms with Crippen LogP contribution in [0.15, 0.2) is 22.7 Å². The fraction of sp³-hybridized carbons (Fsp3) is 0.417. The van der Waals surface area contributed by atoms with E-state index in [0.29, 0.717) is 6.42 Å². The lowest BCUT2D eigenvalue weighted by molar-refractivity contribution is -0.143. The van der Waals surface area contributed by atoms with Gasteiger partial charge in [0.2, 0.25) is 0 Å². The smallest absolute Gasteiger partial charge is 0.309 e. The molecule has 1 aromatic rings. The maximum absolute atomic E-state index is 11.1. The summed E-state index contributed by atoms with van der Waals surface area (Å²) in [5, 5.41) is 9.14. The molecule has 2 rings (SSSR count). The first-order valence-corrected chi connectivity index (χ1v) is 5.93. The molecule has 0 unspecified atom stereocenters. The van der Waals surface area contributed by atoms with Gasteiger partial charge in [-0.15, -0.1) is 0 Å². The van der Waals surface area contributed by atoms with E-state index in [2.05, 4.69) is 15.9 Å². The summed E-state index contributed by atoms with van der Waals surface area (Å²) in [5.74, 6) is 0.0564. The Labute approximate surface area is 103 Å². The van der Waals surface area contributed by atoms with Gasteiger partial charge in [-0.1, -0.05) is 12.1 Å². The Morgan fingerprint density at radius 1 is 1.56 bits per heavy atom. The third-order valence-corrected chi connectivity index (χ3v) is 4.00. The Morgan fingerprint density at radius 3 is 2.75 bits per heavy atom. The lowest BCUT2D eigenvalue weighted by Crippen LogP contribution is -2.17. The van der Waals surface area contributed by atoms with Crippen LogP contribution in [-0.4, -0.2) is 18.2 Å². The van der Waals surface area contributed by atoms with Crippen LogP contribution in [-0.2, 0) is 11.2 Å². The number of hydrogen-bond acceptors (Lipinski definition) is 2. The van der Waals surface area contributed by atoms with Gasteiger partial charge < -0.3 is 9.84 Å². The molecule has 86 valence electrons. The zero-order valence-electron chi connectivity index (χ0n) is 9.00. The number of ether oxygens (including phenoxy) is 1. The quantitative estimate of drug-likeness (QED) is 0.925. The molecule has 0 aliphatic heterocycles. The molecule has 1 aliphatic carbocycles. The molecule has 1 saturated carbocycles. The largest absolute Gasteiger partial charge is 0.496 e. The van der Waals surface area contributed by atoms with Crippen LogP contribution in [0.2, 0.25) is 0 Å². The van der Waals surface area contributed by atoms with Crippen LogP contribution < -0.4 is 4.74 Å². The molecule has 0 spiro atoms. The van der Waals surface area contributed by atoms with E-state index in [1.165, 1.54) is 0 Å². The Bertz CT molecular complexity index is 424. The Hall–Kier alpha value is -1.03. The van der Waals surface area contributed by atoms with Crippen molar-refractivity contribution >= 4 is 21.9 Å². The first-order valence-electron chi connectivity index (χ1n) is 5.14. The second-order valence-electron chi connectivity index (χ2n) is 4.20. The molecule has 1 aliphatic rings. The van der Waals surface area contributed by atoms with E-state index in [0.717, 1.165) is 28.6 Å². The molecule has 0 aromatic heterocycles. The first-order chi connectivity index (χ1) is 7.59. The molecular formula is C12H13BrO3. The Morgan fingerprint density at radius 2 is 2.25 bits per heavy atom. The van der Waals surface area contributed by atoms with E-state index in [1.54, 1.807) is 7.11 Å². The number of aliphatic carboxylic acids is 1. The number of halogens is 1. The highest BCUT2D eigenvalue weighted by Crippen LogP contribution is 2.49. The zero-order chi connectivity index (χ0) is 11.8. The van der Waals surface area contributed by atoms with Crippen molar-refractivity contribution in [3.8, 4) is 5.75 Å². The highest BCUT2D eigenvalue weighted by Gasteiger charge is 2.50. The third kappa shape index (κ3) is 1.94. The van der Waals surface area contributed by atoms with Crippen molar-refractivity contribution < 1.29 is 14.6 Å². The van der Waals surface area contributed by atoms with E-state index >= 15 is 0 Å². The average molecular weight is 285 g/mol. The van der Waals surface area contributed by atoms with Crippen LogP contribution in [0.25, 0.3) is 0 Å². The van der Waals surface area contributed by atoms with Crippen molar-refractivity contribution in [1.29, 1.82) is 0 Å². The summed E-state index contributed by atoms with van der Waals surface area (Å²) in [6.45, 7) is 0. The molecule has 0 bridgehead atoms. The number of hydrogen-bond donors (Lipinski definition) is 1. The maximum atomic E-state index is 11.1. The van der Waals surface area contributed by atoms with Crippen molar-refractivity contribution in [3.63, 3.8) is 0 Å². The molecule has 0 heterocycles. The summed E-state index contributed by atoms with van der Waals surface area (Å²) in [4.78, 5) is 11.1. The van der Waals surface area contributed by atoms with Gasteiger partial charge in [-0.2, -0.15) is 0 Å². The molecule has 1 N–H and O–H groups in total. The molecule has 1 aromatic carbocycles. The van der Waals surface area contributed by atoms with E-state index in [-0.39, 0.29) is 0 Å². The molecule has 0 amide bonds. The second kappa shape index (κ2) is 4.09. The second-order valence-corrected chi connectivity index (χ2v) is 4.99. The van der Waals surface area contributed by atoms with Crippen LogP contribution in [0.5, 0.6) is 5.75 Å². The standard InChI is InChI=1S/C12H13BrO3/c1-16-9-4-2-3-8(10(9)13)7-12(5-6-12)11(14)15/h2-4H,5-7H2,1H3,(H,14,15). The summed E-state index contributed by atoms with van der Waals surface area (Å²) in [5.41, 5.74) is 0.466. The SMILES string of the molecule is COc1cccc(CC2(C(=O)O)CC2)c1Br. The average Bonchev–Trinajstić information content (AvgIpc) is 3.02. The van der Waals surface area contributed by atoms with Crippen molar-refractivity contribution in [2.24, 2.45) is 5.41 Å². The van der Waals surface area contributed by atoms with Gasteiger partial charge >= 0.3 is 5.97 Å². The zero-order valence-corrected chi connectivity index (χ0v) is 10.6. The first kappa shape index (κ1) is 11.5. The molecular weight excluding hydrogens is 272 g/mol. The van der Waals surface area contributed by atoms with E-state index in [1.807, 2.05) is 18.2 Å². The van der Waals surface area contributed by atoms with Crippen LogP contribution >= 0.6 is 15.9 Å². The molecule has 4 heteroatoms. The lowest BCUT2D eigenvalue weighted by atomic mass is 9.96. The van der Waals surface area contributed by atoms with Gasteiger partial charge in [-0.25, -0.2) is 0 Å². The number of carboxylic acids is 1. The van der Waals surface area contributed by atoms with E-state index < -0.39 is 11.4 Å². The fourth-order valence-corrected chi connectivity index (χ4v) is 2.40. The van der Waals surface area contributed by atoms with Crippen molar-refractivity contribution in [2.75, 3.05) is 7.11 Å². The van der Waals surface area contributed by atoms with Crippen LogP contribution in [0, 0.1) is 5.41 Å². The minimum atomic E-state index is -0.692. The van der Waals surface area contributed by atoms with Gasteiger partial charge in [0, 0.05) is 0 Å². The van der Waals surface area contributed by atoms with Crippen LogP contribution in [0.3, 0.4) is 0 Å². The third-order valence-electron chi connectivity index (χ3n) is 3.10. The number of carboxylic acid groups (broad SMARTS) is 1. The molecule has 16 heavy (non-hydrogen) atoms. The highest BCUT2D eigenvalue weighted by atomic mass is 79.9. The summed E-state index contributed by atoms with van der Waals surface area (Å²) < 4.78 is 6.05. The minimum absolute atomic E-state index is 0.533. The maximum Gasteiger partial charge on any atom is 0.309 e. The van der Waals surface area contributed by atoms with Crippen molar-refractivity contribution in [2.45, 2.75) is 19.3 Å². The van der Waals surface area contributed by atoms with E-state index in [4.69, 9.17) is 9.84 Å². The van der Waals surface area contributed by atoms with Gasteiger partial charge in [0.25, 0.3) is 0 Å². The topological polar surface area (TPSA) is 46.5 Å². The van der Waals surface area contributed by atoms with Crippen LogP contribution in [0.1, 0.15) is 18.4 Å². The summed E-state index contributed by atoms with van der Waals surface area (Å²) in [7, 11) is 1.61. The predicted octanol–water partition coefficient (Wildman–Crippen LogP) is 2.87. The predicted molar refractivity (Wildman–Crippen MR) is 63.7 cm³/mol. The van der Waals surface area contributed by atoms with Gasteiger partial charge in [0.1, 0.15) is 5.75 Å². The molecule has 0 radical (unpaired) electrons. The van der Waals surface area contributed by atoms with E-state index in [9.17, 15) is 4.79 Å². The summed E-state index contributed by atoms with van der Waals surface area (Å²) in [6.07, 6.45) is 2.11. The molecule has 3 nitrogen and oxygen atoms in total. The molecule has 1 fully saturated rings. The fourth-order valence-electron chi connectivity index (χ4n) is 1.83. The number of carbonyl (C=O) groups is 1. The van der Waals surface area contributed by atoms with Gasteiger partial charge in [-0.3, -0.25) is 4.79 Å². The number of methoxy groups -OCH3 is 1. The minimum Gasteiger partial charge on any atom is -0.496 e.